The maximum Gasteiger partial charge on any atom is 0.240 e. The number of sulfonamides is 1. The summed E-state index contributed by atoms with van der Waals surface area (Å²) in [5, 5.41) is 3.89. The van der Waals surface area contributed by atoms with Gasteiger partial charge in [0.05, 0.1) is 29.9 Å². The van der Waals surface area contributed by atoms with E-state index in [1.807, 2.05) is 16.8 Å². The Bertz CT molecular complexity index is 908. The molecule has 3 aromatic rings. The van der Waals surface area contributed by atoms with Crippen molar-refractivity contribution in [1.82, 2.24) is 14.7 Å². The summed E-state index contributed by atoms with van der Waals surface area (Å²) >= 11 is 1.55. The van der Waals surface area contributed by atoms with Crippen LogP contribution in [-0.4, -0.2) is 25.5 Å². The Morgan fingerprint density at radius 3 is 2.54 bits per heavy atom. The van der Waals surface area contributed by atoms with Gasteiger partial charge in [0, 0.05) is 23.3 Å². The Morgan fingerprint density at radius 1 is 1.12 bits per heavy atom. The van der Waals surface area contributed by atoms with Crippen molar-refractivity contribution >= 4 is 21.4 Å². The van der Waals surface area contributed by atoms with Gasteiger partial charge in [-0.3, -0.25) is 9.97 Å². The van der Waals surface area contributed by atoms with Crippen molar-refractivity contribution in [1.29, 1.82) is 0 Å². The van der Waals surface area contributed by atoms with E-state index in [0.29, 0.717) is 17.1 Å². The van der Waals surface area contributed by atoms with E-state index < -0.39 is 10.0 Å². The molecule has 0 fully saturated rings. The molecule has 0 saturated carbocycles. The minimum Gasteiger partial charge on any atom is -0.497 e. The predicted octanol–water partition coefficient (Wildman–Crippen LogP) is 2.69. The highest BCUT2D eigenvalue weighted by Crippen LogP contribution is 2.22. The lowest BCUT2D eigenvalue weighted by Gasteiger charge is -2.09. The molecule has 0 bridgehead atoms. The third-order valence-corrected chi connectivity index (χ3v) is 5.47. The van der Waals surface area contributed by atoms with Crippen LogP contribution >= 0.6 is 11.3 Å². The highest BCUT2D eigenvalue weighted by molar-refractivity contribution is 7.89. The molecular weight excluding hydrogens is 346 g/mol. The molecule has 0 atom stereocenters. The molecule has 0 aliphatic carbocycles. The van der Waals surface area contributed by atoms with Crippen LogP contribution in [0.3, 0.4) is 0 Å². The largest absolute Gasteiger partial charge is 0.497 e. The van der Waals surface area contributed by atoms with E-state index in [4.69, 9.17) is 4.74 Å². The molecule has 0 aliphatic heterocycles. The van der Waals surface area contributed by atoms with E-state index in [-0.39, 0.29) is 11.4 Å². The topological polar surface area (TPSA) is 81.2 Å². The monoisotopic (exact) mass is 361 g/mol. The van der Waals surface area contributed by atoms with Gasteiger partial charge in [-0.15, -0.1) is 0 Å². The fourth-order valence-corrected chi connectivity index (χ4v) is 3.77. The lowest BCUT2D eigenvalue weighted by atomic mass is 10.2. The van der Waals surface area contributed by atoms with Crippen molar-refractivity contribution in [2.24, 2.45) is 0 Å². The molecule has 2 aromatic heterocycles. The average molecular weight is 361 g/mol. The van der Waals surface area contributed by atoms with E-state index in [1.54, 1.807) is 35.9 Å². The first-order valence-corrected chi connectivity index (χ1v) is 9.49. The van der Waals surface area contributed by atoms with Crippen molar-refractivity contribution in [3.63, 3.8) is 0 Å². The molecule has 1 N–H and O–H groups in total. The molecule has 0 radical (unpaired) electrons. The zero-order valence-corrected chi connectivity index (χ0v) is 14.5. The smallest absolute Gasteiger partial charge is 0.240 e. The van der Waals surface area contributed by atoms with Gasteiger partial charge in [-0.25, -0.2) is 13.1 Å². The molecule has 0 amide bonds. The Hall–Kier alpha value is -2.29. The standard InChI is InChI=1S/C16H15N3O3S2/c1-22-13-2-4-14(5-3-13)24(20,21)19-10-15-16(18-8-7-17-15)12-6-9-23-11-12/h2-9,11,19H,10H2,1H3. The first-order chi connectivity index (χ1) is 11.6. The Kier molecular flexibility index (Phi) is 4.89. The molecule has 0 saturated heterocycles. The van der Waals surface area contributed by atoms with Crippen molar-refractivity contribution in [3.8, 4) is 17.0 Å². The highest BCUT2D eigenvalue weighted by atomic mass is 32.2. The number of aromatic nitrogens is 2. The number of rotatable bonds is 6. The van der Waals surface area contributed by atoms with Crippen LogP contribution in [0.2, 0.25) is 0 Å². The zero-order valence-electron chi connectivity index (χ0n) is 12.8. The number of thiophene rings is 1. The van der Waals surface area contributed by atoms with Crippen LogP contribution in [0.15, 0.2) is 58.4 Å². The summed E-state index contributed by atoms with van der Waals surface area (Å²) in [6.45, 7) is 0.0629. The first kappa shape index (κ1) is 16.6. The number of nitrogens with one attached hydrogen (secondary N) is 1. The van der Waals surface area contributed by atoms with Gasteiger partial charge in [-0.1, -0.05) is 0 Å². The van der Waals surface area contributed by atoms with E-state index in [9.17, 15) is 8.42 Å². The van der Waals surface area contributed by atoms with Gasteiger partial charge < -0.3 is 4.74 Å². The lowest BCUT2D eigenvalue weighted by Crippen LogP contribution is -2.24. The van der Waals surface area contributed by atoms with E-state index >= 15 is 0 Å². The van der Waals surface area contributed by atoms with Gasteiger partial charge in [0.2, 0.25) is 10.0 Å². The summed E-state index contributed by atoms with van der Waals surface area (Å²) in [6, 6.07) is 8.13. The maximum atomic E-state index is 12.4. The Balaban J connectivity index is 1.80. The molecule has 6 nitrogen and oxygen atoms in total. The van der Waals surface area contributed by atoms with Crippen LogP contribution in [0.1, 0.15) is 5.69 Å². The van der Waals surface area contributed by atoms with Crippen molar-refractivity contribution in [3.05, 3.63) is 59.2 Å². The molecule has 24 heavy (non-hydrogen) atoms. The van der Waals surface area contributed by atoms with Crippen molar-refractivity contribution < 1.29 is 13.2 Å². The quantitative estimate of drug-likeness (QED) is 0.730. The minimum absolute atomic E-state index is 0.0629. The molecular formula is C16H15N3O3S2. The summed E-state index contributed by atoms with van der Waals surface area (Å²) in [5.74, 6) is 0.600. The SMILES string of the molecule is COc1ccc(S(=O)(=O)NCc2nccnc2-c2ccsc2)cc1. The molecule has 0 unspecified atom stereocenters. The Morgan fingerprint density at radius 2 is 1.88 bits per heavy atom. The van der Waals surface area contributed by atoms with Crippen molar-refractivity contribution in [2.75, 3.05) is 7.11 Å². The molecule has 1 aromatic carbocycles. The first-order valence-electron chi connectivity index (χ1n) is 7.06. The van der Waals surface area contributed by atoms with Gasteiger partial charge in [0.1, 0.15) is 5.75 Å². The molecule has 0 aliphatic rings. The summed E-state index contributed by atoms with van der Waals surface area (Å²) in [6.07, 6.45) is 3.14. The van der Waals surface area contributed by atoms with Crippen LogP contribution in [0.4, 0.5) is 0 Å². The van der Waals surface area contributed by atoms with Crippen LogP contribution < -0.4 is 9.46 Å². The van der Waals surface area contributed by atoms with Crippen LogP contribution in [0.25, 0.3) is 11.3 Å². The van der Waals surface area contributed by atoms with E-state index in [2.05, 4.69) is 14.7 Å². The van der Waals surface area contributed by atoms with Gasteiger partial charge in [-0.05, 0) is 35.7 Å². The fourth-order valence-electron chi connectivity index (χ4n) is 2.14. The van der Waals surface area contributed by atoms with Gasteiger partial charge >= 0.3 is 0 Å². The molecule has 8 heteroatoms. The summed E-state index contributed by atoms with van der Waals surface area (Å²) in [7, 11) is -2.11. The predicted molar refractivity (Wildman–Crippen MR) is 92.4 cm³/mol. The Labute approximate surface area is 144 Å². The molecule has 3 rings (SSSR count). The van der Waals surface area contributed by atoms with Gasteiger partial charge in [-0.2, -0.15) is 11.3 Å². The maximum absolute atomic E-state index is 12.4. The van der Waals surface area contributed by atoms with Crippen LogP contribution in [0, 0.1) is 0 Å². The highest BCUT2D eigenvalue weighted by Gasteiger charge is 2.16. The molecule has 2 heterocycles. The second kappa shape index (κ2) is 7.08. The summed E-state index contributed by atoms with van der Waals surface area (Å²) in [5.41, 5.74) is 2.18. The number of nitrogens with zero attached hydrogens (tertiary/aromatic N) is 2. The van der Waals surface area contributed by atoms with Crippen LogP contribution in [0.5, 0.6) is 5.75 Å². The fraction of sp³-hybridized carbons (Fsp3) is 0.125. The van der Waals surface area contributed by atoms with Gasteiger partial charge in [0.25, 0.3) is 0 Å². The normalized spacial score (nSPS) is 11.4. The number of hydrogen-bond acceptors (Lipinski definition) is 6. The molecule has 124 valence electrons. The average Bonchev–Trinajstić information content (AvgIpc) is 3.15. The number of ether oxygens (including phenoxy) is 1. The third-order valence-electron chi connectivity index (χ3n) is 3.37. The summed E-state index contributed by atoms with van der Waals surface area (Å²) < 4.78 is 32.4. The number of benzene rings is 1. The second-order valence-corrected chi connectivity index (χ2v) is 7.41. The molecule has 0 spiro atoms. The van der Waals surface area contributed by atoms with Gasteiger partial charge in [0.15, 0.2) is 0 Å². The minimum atomic E-state index is -3.64. The third kappa shape index (κ3) is 3.61. The number of methoxy groups -OCH3 is 1. The lowest BCUT2D eigenvalue weighted by molar-refractivity contribution is 0.414. The van der Waals surface area contributed by atoms with Crippen molar-refractivity contribution in [2.45, 2.75) is 11.4 Å². The number of hydrogen-bond donors (Lipinski definition) is 1. The van der Waals surface area contributed by atoms with Crippen LogP contribution in [-0.2, 0) is 16.6 Å². The zero-order chi connectivity index (χ0) is 17.0. The van der Waals surface area contributed by atoms with E-state index in [1.165, 1.54) is 19.2 Å². The van der Waals surface area contributed by atoms with E-state index in [0.717, 1.165) is 5.56 Å². The second-order valence-electron chi connectivity index (χ2n) is 4.86. The summed E-state index contributed by atoms with van der Waals surface area (Å²) in [4.78, 5) is 8.73.